The van der Waals surface area contributed by atoms with Crippen LogP contribution in [0.5, 0.6) is 0 Å². The van der Waals surface area contributed by atoms with Gasteiger partial charge in [0.15, 0.2) is 0 Å². The highest BCUT2D eigenvalue weighted by Gasteiger charge is 2.18. The molecule has 1 aliphatic rings. The zero-order chi connectivity index (χ0) is 14.8. The van der Waals surface area contributed by atoms with E-state index in [0.717, 1.165) is 39.0 Å². The van der Waals surface area contributed by atoms with Crippen LogP contribution in [-0.2, 0) is 4.79 Å². The number of carboxylic acids is 1. The SMILES string of the molecule is CCN1CCC(CNC(=O)NCCCCC(=O)O)CC1. The summed E-state index contributed by atoms with van der Waals surface area (Å²) in [5, 5.41) is 14.1. The van der Waals surface area contributed by atoms with Gasteiger partial charge in [0.2, 0.25) is 0 Å². The number of piperidine rings is 1. The summed E-state index contributed by atoms with van der Waals surface area (Å²) in [6.45, 7) is 6.80. The molecule has 1 saturated heterocycles. The van der Waals surface area contributed by atoms with Crippen LogP contribution in [0, 0.1) is 5.92 Å². The summed E-state index contributed by atoms with van der Waals surface area (Å²) in [6.07, 6.45) is 3.76. The van der Waals surface area contributed by atoms with Crippen molar-refractivity contribution in [3.63, 3.8) is 0 Å². The molecule has 1 fully saturated rings. The molecule has 6 nitrogen and oxygen atoms in total. The maximum atomic E-state index is 11.6. The fourth-order valence-corrected chi connectivity index (χ4v) is 2.41. The number of aliphatic carboxylic acids is 1. The van der Waals surface area contributed by atoms with Crippen molar-refractivity contribution in [2.75, 3.05) is 32.7 Å². The Labute approximate surface area is 120 Å². The second kappa shape index (κ2) is 9.58. The van der Waals surface area contributed by atoms with Crippen LogP contribution >= 0.6 is 0 Å². The first-order valence-corrected chi connectivity index (χ1v) is 7.57. The van der Waals surface area contributed by atoms with Crippen LogP contribution in [0.3, 0.4) is 0 Å². The van der Waals surface area contributed by atoms with Gasteiger partial charge in [-0.15, -0.1) is 0 Å². The zero-order valence-corrected chi connectivity index (χ0v) is 12.4. The summed E-state index contributed by atoms with van der Waals surface area (Å²) in [5.41, 5.74) is 0. The minimum Gasteiger partial charge on any atom is -0.481 e. The van der Waals surface area contributed by atoms with Gasteiger partial charge in [-0.25, -0.2) is 4.79 Å². The molecule has 0 aromatic carbocycles. The van der Waals surface area contributed by atoms with Crippen LogP contribution in [0.2, 0.25) is 0 Å². The molecule has 0 unspecified atom stereocenters. The lowest BCUT2D eigenvalue weighted by atomic mass is 9.97. The molecule has 1 rings (SSSR count). The largest absolute Gasteiger partial charge is 0.481 e. The Hall–Kier alpha value is -1.30. The van der Waals surface area contributed by atoms with Gasteiger partial charge < -0.3 is 20.6 Å². The van der Waals surface area contributed by atoms with Gasteiger partial charge in [-0.1, -0.05) is 6.92 Å². The molecule has 1 heterocycles. The van der Waals surface area contributed by atoms with Crippen molar-refractivity contribution < 1.29 is 14.7 Å². The number of amides is 2. The maximum absolute atomic E-state index is 11.6. The van der Waals surface area contributed by atoms with E-state index in [4.69, 9.17) is 5.11 Å². The van der Waals surface area contributed by atoms with Gasteiger partial charge >= 0.3 is 12.0 Å². The minimum atomic E-state index is -0.784. The Morgan fingerprint density at radius 3 is 2.50 bits per heavy atom. The van der Waals surface area contributed by atoms with Crippen molar-refractivity contribution in [1.29, 1.82) is 0 Å². The van der Waals surface area contributed by atoms with E-state index in [9.17, 15) is 9.59 Å². The predicted molar refractivity (Wildman–Crippen MR) is 77.7 cm³/mol. The third kappa shape index (κ3) is 7.33. The molecule has 0 bridgehead atoms. The maximum Gasteiger partial charge on any atom is 0.314 e. The lowest BCUT2D eigenvalue weighted by Gasteiger charge is -2.31. The van der Waals surface area contributed by atoms with E-state index in [2.05, 4.69) is 22.5 Å². The average molecular weight is 285 g/mol. The number of hydrogen-bond donors (Lipinski definition) is 3. The summed E-state index contributed by atoms with van der Waals surface area (Å²) in [6, 6.07) is -0.141. The summed E-state index contributed by atoms with van der Waals surface area (Å²) in [5.74, 6) is -0.205. The Morgan fingerprint density at radius 1 is 1.20 bits per heavy atom. The van der Waals surface area contributed by atoms with E-state index in [1.165, 1.54) is 0 Å². The first kappa shape index (κ1) is 16.8. The summed E-state index contributed by atoms with van der Waals surface area (Å²) >= 11 is 0. The van der Waals surface area contributed by atoms with E-state index < -0.39 is 5.97 Å². The molecule has 20 heavy (non-hydrogen) atoms. The topological polar surface area (TPSA) is 81.7 Å². The van der Waals surface area contributed by atoms with Crippen molar-refractivity contribution in [2.24, 2.45) is 5.92 Å². The first-order chi connectivity index (χ1) is 9.61. The predicted octanol–water partition coefficient (Wildman–Crippen LogP) is 1.27. The van der Waals surface area contributed by atoms with E-state index in [1.807, 2.05) is 0 Å². The third-order valence-electron chi connectivity index (χ3n) is 3.81. The van der Waals surface area contributed by atoms with Crippen molar-refractivity contribution in [3.8, 4) is 0 Å². The summed E-state index contributed by atoms with van der Waals surface area (Å²) in [7, 11) is 0. The Kier molecular flexibility index (Phi) is 8.02. The van der Waals surface area contributed by atoms with Crippen molar-refractivity contribution in [1.82, 2.24) is 15.5 Å². The normalized spacial score (nSPS) is 16.9. The Balaban J connectivity index is 1.99. The lowest BCUT2D eigenvalue weighted by molar-refractivity contribution is -0.137. The number of rotatable bonds is 8. The van der Waals surface area contributed by atoms with Gasteiger partial charge in [-0.2, -0.15) is 0 Å². The molecule has 0 radical (unpaired) electrons. The van der Waals surface area contributed by atoms with Gasteiger partial charge in [0.25, 0.3) is 0 Å². The van der Waals surface area contributed by atoms with Gasteiger partial charge in [0.05, 0.1) is 0 Å². The third-order valence-corrected chi connectivity index (χ3v) is 3.81. The molecule has 6 heteroatoms. The molecular formula is C14H27N3O3. The van der Waals surface area contributed by atoms with Gasteiger partial charge in [0.1, 0.15) is 0 Å². The van der Waals surface area contributed by atoms with Crippen molar-refractivity contribution in [3.05, 3.63) is 0 Å². The number of nitrogens with zero attached hydrogens (tertiary/aromatic N) is 1. The number of nitrogens with one attached hydrogen (secondary N) is 2. The number of likely N-dealkylation sites (tertiary alicyclic amines) is 1. The lowest BCUT2D eigenvalue weighted by Crippen LogP contribution is -2.42. The van der Waals surface area contributed by atoms with Crippen molar-refractivity contribution in [2.45, 2.75) is 39.0 Å². The first-order valence-electron chi connectivity index (χ1n) is 7.57. The molecule has 0 aromatic heterocycles. The molecule has 0 saturated carbocycles. The molecule has 0 aromatic rings. The van der Waals surface area contributed by atoms with Crippen LogP contribution < -0.4 is 10.6 Å². The monoisotopic (exact) mass is 285 g/mol. The van der Waals surface area contributed by atoms with Gasteiger partial charge in [0, 0.05) is 19.5 Å². The van der Waals surface area contributed by atoms with Crippen LogP contribution in [0.25, 0.3) is 0 Å². The quantitative estimate of drug-likeness (QED) is 0.587. The number of carbonyl (C=O) groups excluding carboxylic acids is 1. The molecule has 0 spiro atoms. The zero-order valence-electron chi connectivity index (χ0n) is 12.4. The van der Waals surface area contributed by atoms with E-state index in [-0.39, 0.29) is 12.5 Å². The second-order valence-electron chi connectivity index (χ2n) is 5.37. The van der Waals surface area contributed by atoms with Crippen molar-refractivity contribution >= 4 is 12.0 Å². The highest BCUT2D eigenvalue weighted by Crippen LogP contribution is 2.15. The summed E-state index contributed by atoms with van der Waals surface area (Å²) < 4.78 is 0. The molecule has 3 N–H and O–H groups in total. The van der Waals surface area contributed by atoms with E-state index in [1.54, 1.807) is 0 Å². The number of hydrogen-bond acceptors (Lipinski definition) is 3. The Morgan fingerprint density at radius 2 is 1.90 bits per heavy atom. The molecule has 0 atom stereocenters. The van der Waals surface area contributed by atoms with E-state index >= 15 is 0 Å². The number of urea groups is 1. The molecular weight excluding hydrogens is 258 g/mol. The molecule has 1 aliphatic heterocycles. The van der Waals surface area contributed by atoms with Crippen LogP contribution in [0.1, 0.15) is 39.0 Å². The molecule has 2 amide bonds. The number of unbranched alkanes of at least 4 members (excludes halogenated alkanes) is 1. The smallest absolute Gasteiger partial charge is 0.314 e. The van der Waals surface area contributed by atoms with Gasteiger partial charge in [-0.05, 0) is 51.2 Å². The highest BCUT2D eigenvalue weighted by atomic mass is 16.4. The molecule has 0 aliphatic carbocycles. The Bertz CT molecular complexity index is 302. The van der Waals surface area contributed by atoms with Crippen LogP contribution in [-0.4, -0.2) is 54.7 Å². The number of carbonyl (C=O) groups is 2. The molecule has 116 valence electrons. The fourth-order valence-electron chi connectivity index (χ4n) is 2.41. The minimum absolute atomic E-state index is 0.141. The van der Waals surface area contributed by atoms with Crippen LogP contribution in [0.4, 0.5) is 4.79 Å². The average Bonchev–Trinajstić information content (AvgIpc) is 2.45. The van der Waals surface area contributed by atoms with Gasteiger partial charge in [-0.3, -0.25) is 4.79 Å². The van der Waals surface area contributed by atoms with Crippen LogP contribution in [0.15, 0.2) is 0 Å². The second-order valence-corrected chi connectivity index (χ2v) is 5.37. The van der Waals surface area contributed by atoms with E-state index in [0.29, 0.717) is 25.3 Å². The fraction of sp³-hybridized carbons (Fsp3) is 0.857. The highest BCUT2D eigenvalue weighted by molar-refractivity contribution is 5.73. The number of carboxylic acid groups (broad SMARTS) is 1. The summed E-state index contributed by atoms with van der Waals surface area (Å²) in [4.78, 5) is 24.3. The standard InChI is InChI=1S/C14H27N3O3/c1-2-17-9-6-12(7-10-17)11-16-14(20)15-8-4-3-5-13(18)19/h12H,2-11H2,1H3,(H,18,19)(H2,15,16,20).